The number of hydrogen-bond acceptors (Lipinski definition) is 13. The van der Waals surface area contributed by atoms with E-state index in [0.29, 0.717) is 37.0 Å². The molecule has 0 aliphatic rings. The summed E-state index contributed by atoms with van der Waals surface area (Å²) < 4.78 is 0.863. The van der Waals surface area contributed by atoms with E-state index in [-0.39, 0.29) is 16.8 Å². The topological polar surface area (TPSA) is 222 Å². The lowest BCUT2D eigenvalue weighted by Gasteiger charge is -2.09. The molecule has 488 valence electrons. The van der Waals surface area contributed by atoms with Gasteiger partial charge in [0, 0.05) is 82.2 Å². The number of oxime groups is 2. The van der Waals surface area contributed by atoms with Crippen molar-refractivity contribution in [1.29, 1.82) is 0 Å². The molecule has 0 fully saturated rings. The number of ketones is 2. The first-order chi connectivity index (χ1) is 45.4. The number of aromatic nitrogens is 1. The molecule has 0 aliphatic heterocycles. The highest BCUT2D eigenvalue weighted by atomic mass is 79.9. The van der Waals surface area contributed by atoms with Gasteiger partial charge in [0.15, 0.2) is 11.6 Å². The zero-order chi connectivity index (χ0) is 70.1. The Morgan fingerprint density at radius 1 is 0.453 bits per heavy atom. The van der Waals surface area contributed by atoms with Crippen molar-refractivity contribution in [2.75, 3.05) is 0 Å². The van der Waals surface area contributed by atoms with E-state index in [0.717, 1.165) is 81.7 Å². The second-order valence-electron chi connectivity index (χ2n) is 20.0. The van der Waals surface area contributed by atoms with Crippen LogP contribution < -0.4 is 11.4 Å². The molecule has 6 N–H and O–H groups in total. The van der Waals surface area contributed by atoms with Gasteiger partial charge in [-0.05, 0) is 157 Å². The summed E-state index contributed by atoms with van der Waals surface area (Å²) in [5.74, 6) is 3.23. The summed E-state index contributed by atoms with van der Waals surface area (Å²) >= 11 is 37.1. The number of rotatable bonds is 9. The van der Waals surface area contributed by atoms with Gasteiger partial charge in [-0.25, -0.2) is 10.7 Å². The van der Waals surface area contributed by atoms with E-state index in [1.807, 2.05) is 195 Å². The van der Waals surface area contributed by atoms with Crippen LogP contribution >= 0.6 is 85.5 Å². The number of nitrogens with two attached hydrogens (primary N) is 1. The number of hydrogen-bond donors (Lipinski definition) is 5. The fourth-order valence-electron chi connectivity index (χ4n) is 8.75. The van der Waals surface area contributed by atoms with Gasteiger partial charge in [0.25, 0.3) is 0 Å². The molecule has 1 heterocycles. The Labute approximate surface area is 591 Å². The highest BCUT2D eigenvalue weighted by Gasteiger charge is 2.12. The Hall–Kier alpha value is -8.39. The lowest BCUT2D eigenvalue weighted by atomic mass is 9.81. The van der Waals surface area contributed by atoms with Crippen molar-refractivity contribution in [3.05, 3.63) is 294 Å². The standard InChI is InChI=1S/C16H14ClNO2.C14H12ClNO.C14H10ClN.C14H11ClO.C8H7BrO.C6H6BClO2.C2H3ClO.H3NO/c1-11(18-20-12(2)19)15-5-3-4-6-16(15)13-7-9-14(17)10-8-13;1-10(16-17)13-4-2-3-5-14(13)11-6-8-12(15)9-7-11;1-9-11-4-2-3-5-12(11)13-7-6-10(15)8-14(13)16-9;1-10(16)13-4-2-3-5-14(13)11-6-8-12(15)9-7-11;1-6(10)7-4-2-3-5-8(7)9;8-6-3-1-5(2-4-6)7(9)10;1-2(3)4;1-2/h3-10H,1-2H3;2-9,17H,1H3;2-8H,1H3;2-9H,1H3;2-5H,1H3;1-4,9-10H;1H3;2H,1H2/b18-11+;16-10+;;;;;;. The second kappa shape index (κ2) is 41.4. The highest BCUT2D eigenvalue weighted by Crippen LogP contribution is 2.30. The molecule has 0 amide bonds. The quantitative estimate of drug-likeness (QED) is 0.0134. The van der Waals surface area contributed by atoms with Gasteiger partial charge in [-0.2, -0.15) is 0 Å². The maximum absolute atomic E-state index is 11.5. The fraction of sp³-hybridized carbons (Fsp3) is 0.0946. The number of pyridine rings is 1. The molecular weight excluding hydrogens is 1390 g/mol. The first-order valence-electron chi connectivity index (χ1n) is 28.6. The van der Waals surface area contributed by atoms with Crippen LogP contribution in [-0.2, 0) is 14.4 Å². The first-order valence-corrected chi connectivity index (χ1v) is 31.7. The van der Waals surface area contributed by atoms with Crippen molar-refractivity contribution >= 4 is 154 Å². The Balaban J connectivity index is 0.000000242. The monoisotopic (exact) mass is 1450 g/mol. The number of aryl methyl sites for hydroxylation is 1. The lowest BCUT2D eigenvalue weighted by molar-refractivity contribution is -0.140. The Kier molecular flexibility index (Phi) is 34.5. The molecule has 0 saturated carbocycles. The van der Waals surface area contributed by atoms with Crippen LogP contribution in [0.4, 0.5) is 0 Å². The number of nitrogens with zero attached hydrogens (tertiary/aromatic N) is 3. The van der Waals surface area contributed by atoms with Crippen LogP contribution in [0.25, 0.3) is 55.1 Å². The molecule has 11 rings (SSSR count). The maximum atomic E-state index is 11.5. The molecule has 0 unspecified atom stereocenters. The molecule has 0 bridgehead atoms. The number of benzene rings is 10. The van der Waals surface area contributed by atoms with Gasteiger partial charge in [0.2, 0.25) is 5.24 Å². The van der Waals surface area contributed by atoms with Crippen molar-refractivity contribution in [2.45, 2.75) is 48.5 Å². The molecule has 0 spiro atoms. The maximum Gasteiger partial charge on any atom is 0.488 e. The third-order valence-electron chi connectivity index (χ3n) is 13.1. The molecular formula is C74H66BBrCl6N4O9. The highest BCUT2D eigenvalue weighted by molar-refractivity contribution is 9.10. The van der Waals surface area contributed by atoms with E-state index in [4.69, 9.17) is 83.3 Å². The molecule has 21 heteroatoms. The van der Waals surface area contributed by atoms with Crippen molar-refractivity contribution in [2.24, 2.45) is 16.2 Å². The summed E-state index contributed by atoms with van der Waals surface area (Å²) in [4.78, 5) is 51.6. The molecule has 1 aromatic heterocycles. The largest absolute Gasteiger partial charge is 0.488 e. The van der Waals surface area contributed by atoms with E-state index in [2.05, 4.69) is 66.9 Å². The van der Waals surface area contributed by atoms with Gasteiger partial charge < -0.3 is 25.3 Å². The van der Waals surface area contributed by atoms with Crippen LogP contribution in [0.2, 0.25) is 25.1 Å². The number of Topliss-reactive ketones (excluding diaryl/α,β-unsaturated/α-hetero) is 2. The molecule has 13 nitrogen and oxygen atoms in total. The average Bonchev–Trinajstić information content (AvgIpc) is 0.788. The number of fused-ring (bicyclic) bond motifs is 3. The molecule has 0 aliphatic carbocycles. The van der Waals surface area contributed by atoms with E-state index in [1.165, 1.54) is 24.6 Å². The fourth-order valence-corrected chi connectivity index (χ4v) is 9.98. The summed E-state index contributed by atoms with van der Waals surface area (Å²) in [6.45, 7) is 11.4. The zero-order valence-corrected chi connectivity index (χ0v) is 58.6. The van der Waals surface area contributed by atoms with Crippen molar-refractivity contribution < 1.29 is 44.5 Å². The smallest absolute Gasteiger partial charge is 0.423 e. The minimum absolute atomic E-state index is 0.0746. The van der Waals surface area contributed by atoms with Crippen LogP contribution in [0.1, 0.15) is 79.1 Å². The van der Waals surface area contributed by atoms with Gasteiger partial charge in [-0.3, -0.25) is 19.4 Å². The number of carbonyl (C=O) groups excluding carboxylic acids is 4. The average molecular weight is 1460 g/mol. The second-order valence-corrected chi connectivity index (χ2v) is 23.6. The molecule has 0 radical (unpaired) electrons. The summed E-state index contributed by atoms with van der Waals surface area (Å²) in [6, 6.07) is 73.7. The molecule has 10 aromatic carbocycles. The zero-order valence-electron chi connectivity index (χ0n) is 52.5. The van der Waals surface area contributed by atoms with E-state index < -0.39 is 13.1 Å². The number of halogens is 7. The predicted molar refractivity (Wildman–Crippen MR) is 396 cm³/mol. The first kappa shape index (κ1) is 79.1. The summed E-state index contributed by atoms with van der Waals surface area (Å²) in [5, 5.41) is 46.4. The van der Waals surface area contributed by atoms with Crippen molar-refractivity contribution in [3.63, 3.8) is 0 Å². The summed E-state index contributed by atoms with van der Waals surface area (Å²) in [5.41, 5.74) is 13.1. The predicted octanol–water partition coefficient (Wildman–Crippen LogP) is 19.8. The minimum Gasteiger partial charge on any atom is -0.423 e. The van der Waals surface area contributed by atoms with E-state index >= 15 is 0 Å². The molecule has 0 atom stereocenters. The number of carbonyl (C=O) groups is 4. The third-order valence-corrected chi connectivity index (χ3v) is 15.1. The third kappa shape index (κ3) is 26.4. The van der Waals surface area contributed by atoms with Gasteiger partial charge in [-0.1, -0.05) is 254 Å². The molecule has 95 heavy (non-hydrogen) atoms. The molecule has 0 saturated heterocycles. The molecule has 11 aromatic rings. The van der Waals surface area contributed by atoms with Crippen molar-refractivity contribution in [3.8, 4) is 33.4 Å². The van der Waals surface area contributed by atoms with Gasteiger partial charge >= 0.3 is 13.1 Å². The minimum atomic E-state index is -1.41. The van der Waals surface area contributed by atoms with Crippen LogP contribution in [0.15, 0.2) is 251 Å². The SMILES string of the molecule is C/C(=N\O)c1ccccc1-c1ccc(Cl)cc1.CC(=O)Cl.CC(=O)O/N=C(\C)c1ccccc1-c1ccc(Cl)cc1.CC(=O)c1ccccc1-c1ccc(Cl)cc1.CC(=O)c1ccccc1Br.Cc1nc2cc(Cl)ccc2c2ccccc12.NO.OB(O)c1ccc(Cl)cc1. The van der Waals surface area contributed by atoms with Gasteiger partial charge in [0.05, 0.1) is 16.9 Å². The van der Waals surface area contributed by atoms with Crippen molar-refractivity contribution in [1.82, 2.24) is 4.98 Å². The normalized spacial score (nSPS) is 10.3. The van der Waals surface area contributed by atoms with Crippen LogP contribution in [0, 0.1) is 6.92 Å². The Morgan fingerprint density at radius 3 is 1.19 bits per heavy atom. The van der Waals surface area contributed by atoms with Gasteiger partial charge in [-0.15, -0.1) is 0 Å². The summed E-state index contributed by atoms with van der Waals surface area (Å²) in [6.07, 6.45) is 0. The van der Waals surface area contributed by atoms with Crippen LogP contribution in [-0.4, -0.2) is 66.8 Å². The van der Waals surface area contributed by atoms with Crippen LogP contribution in [0.3, 0.4) is 0 Å². The Bertz CT molecular complexity index is 4370. The van der Waals surface area contributed by atoms with Gasteiger partial charge in [0.1, 0.15) is 0 Å². The van der Waals surface area contributed by atoms with E-state index in [9.17, 15) is 19.2 Å². The Morgan fingerprint density at radius 2 is 0.800 bits per heavy atom. The lowest BCUT2D eigenvalue weighted by Crippen LogP contribution is -2.29. The summed E-state index contributed by atoms with van der Waals surface area (Å²) in [7, 11) is -1.41. The van der Waals surface area contributed by atoms with E-state index in [1.54, 1.807) is 58.0 Å². The van der Waals surface area contributed by atoms with Crippen LogP contribution in [0.5, 0.6) is 0 Å².